The lowest BCUT2D eigenvalue weighted by atomic mass is 10.0. The van der Waals surface area contributed by atoms with E-state index in [2.05, 4.69) is 10.3 Å². The van der Waals surface area contributed by atoms with E-state index < -0.39 is 23.9 Å². The summed E-state index contributed by atoms with van der Waals surface area (Å²) in [5.41, 5.74) is 0.415. The Labute approximate surface area is 146 Å². The zero-order chi connectivity index (χ0) is 18.0. The van der Waals surface area contributed by atoms with E-state index in [4.69, 9.17) is 0 Å². The number of aromatic nitrogens is 1. The number of carbonyl (C=O) groups is 1. The largest absolute Gasteiger partial charge is 0.392 e. The maximum atomic E-state index is 13.0. The van der Waals surface area contributed by atoms with Crippen molar-refractivity contribution >= 4 is 34.3 Å². The molecule has 0 fully saturated rings. The average molecular weight is 358 g/mol. The van der Waals surface area contributed by atoms with Crippen LogP contribution >= 0.6 is 11.8 Å². The van der Waals surface area contributed by atoms with Crippen LogP contribution in [0.4, 0.5) is 10.1 Å². The van der Waals surface area contributed by atoms with E-state index in [0.29, 0.717) is 16.6 Å². The van der Waals surface area contributed by atoms with Gasteiger partial charge in [0.15, 0.2) is 0 Å². The van der Waals surface area contributed by atoms with Crippen molar-refractivity contribution in [2.24, 2.45) is 0 Å². The fourth-order valence-electron chi connectivity index (χ4n) is 2.60. The lowest BCUT2D eigenvalue weighted by Gasteiger charge is -2.12. The zero-order valence-electron chi connectivity index (χ0n) is 13.3. The van der Waals surface area contributed by atoms with Crippen molar-refractivity contribution in [2.45, 2.75) is 11.5 Å². The number of fused-ring (bicyclic) bond motifs is 1. The molecule has 128 valence electrons. The van der Waals surface area contributed by atoms with Gasteiger partial charge in [-0.3, -0.25) is 9.59 Å². The molecule has 0 aliphatic heterocycles. The lowest BCUT2D eigenvalue weighted by Crippen LogP contribution is -2.26. The molecular weight excluding hydrogens is 343 g/mol. The molecule has 5 nitrogen and oxygen atoms in total. The molecule has 0 saturated carbocycles. The second kappa shape index (κ2) is 7.08. The summed E-state index contributed by atoms with van der Waals surface area (Å²) in [7, 11) is 0. The fourth-order valence-corrected chi connectivity index (χ4v) is 3.04. The molecule has 25 heavy (non-hydrogen) atoms. The molecule has 1 amide bonds. The molecule has 0 atom stereocenters. The summed E-state index contributed by atoms with van der Waals surface area (Å²) < 4.78 is 13.0. The van der Waals surface area contributed by atoms with Crippen LogP contribution in [-0.4, -0.2) is 22.3 Å². The molecule has 1 aromatic heterocycles. The SMILES string of the molecule is CSc1ccc2[nH]c(=O)c(C(=O)Nc3ccc(F)cc3)c(CO)c2c1. The molecule has 7 heteroatoms. The number of halogens is 1. The number of anilines is 1. The molecule has 3 aromatic rings. The minimum Gasteiger partial charge on any atom is -0.392 e. The molecule has 0 aliphatic carbocycles. The van der Waals surface area contributed by atoms with Crippen LogP contribution in [0.25, 0.3) is 10.9 Å². The van der Waals surface area contributed by atoms with E-state index in [1.807, 2.05) is 18.4 Å². The summed E-state index contributed by atoms with van der Waals surface area (Å²) in [5.74, 6) is -1.09. The first-order chi connectivity index (χ1) is 12.0. The predicted molar refractivity (Wildman–Crippen MR) is 96.6 cm³/mol. The van der Waals surface area contributed by atoms with Gasteiger partial charge >= 0.3 is 0 Å². The van der Waals surface area contributed by atoms with Gasteiger partial charge in [0.1, 0.15) is 11.4 Å². The summed E-state index contributed by atoms with van der Waals surface area (Å²) in [6.07, 6.45) is 1.91. The molecule has 0 bridgehead atoms. The smallest absolute Gasteiger partial charge is 0.261 e. The van der Waals surface area contributed by atoms with Crippen molar-refractivity contribution in [3.63, 3.8) is 0 Å². The number of nitrogens with one attached hydrogen (secondary N) is 2. The van der Waals surface area contributed by atoms with Crippen LogP contribution < -0.4 is 10.9 Å². The van der Waals surface area contributed by atoms with Crippen LogP contribution in [0.1, 0.15) is 15.9 Å². The van der Waals surface area contributed by atoms with Crippen LogP contribution in [0.3, 0.4) is 0 Å². The minimum atomic E-state index is -0.659. The summed E-state index contributed by atoms with van der Waals surface area (Å²) >= 11 is 1.52. The lowest BCUT2D eigenvalue weighted by molar-refractivity contribution is 0.102. The Balaban J connectivity index is 2.10. The van der Waals surface area contributed by atoms with Crippen LogP contribution in [0.5, 0.6) is 0 Å². The Morgan fingerprint density at radius 3 is 2.60 bits per heavy atom. The summed E-state index contributed by atoms with van der Waals surface area (Å²) in [6, 6.07) is 10.6. The van der Waals surface area contributed by atoms with E-state index in [-0.39, 0.29) is 11.1 Å². The van der Waals surface area contributed by atoms with Gasteiger partial charge < -0.3 is 15.4 Å². The Kier molecular flexibility index (Phi) is 4.87. The number of H-pyrrole nitrogens is 1. The van der Waals surface area contributed by atoms with Crippen molar-refractivity contribution in [2.75, 3.05) is 11.6 Å². The Morgan fingerprint density at radius 2 is 1.96 bits per heavy atom. The standard InChI is InChI=1S/C18H15FN2O3S/c1-25-12-6-7-15-13(8-12)14(9-22)16(18(24)21-15)17(23)20-11-4-2-10(19)3-5-11/h2-8,22H,9H2,1H3,(H,20,23)(H,21,24). The number of aromatic amines is 1. The Bertz CT molecular complexity index is 1000. The van der Waals surface area contributed by atoms with Crippen molar-refractivity contribution in [3.8, 4) is 0 Å². The summed E-state index contributed by atoms with van der Waals surface area (Å²) in [4.78, 5) is 28.5. The van der Waals surface area contributed by atoms with Crippen molar-refractivity contribution in [3.05, 3.63) is 69.8 Å². The van der Waals surface area contributed by atoms with Gasteiger partial charge in [0.25, 0.3) is 11.5 Å². The van der Waals surface area contributed by atoms with Crippen LogP contribution in [0.2, 0.25) is 0 Å². The van der Waals surface area contributed by atoms with Crippen molar-refractivity contribution in [1.82, 2.24) is 4.98 Å². The third-order valence-corrected chi connectivity index (χ3v) is 4.54. The van der Waals surface area contributed by atoms with E-state index in [9.17, 15) is 19.1 Å². The summed E-state index contributed by atoms with van der Waals surface area (Å²) in [5, 5.41) is 12.9. The topological polar surface area (TPSA) is 82.2 Å². The highest BCUT2D eigenvalue weighted by atomic mass is 32.2. The van der Waals surface area contributed by atoms with Gasteiger partial charge in [-0.15, -0.1) is 11.8 Å². The van der Waals surface area contributed by atoms with E-state index in [0.717, 1.165) is 4.90 Å². The second-order valence-electron chi connectivity index (χ2n) is 5.34. The van der Waals surface area contributed by atoms with Gasteiger partial charge in [-0.1, -0.05) is 0 Å². The number of carbonyl (C=O) groups excluding carboxylic acids is 1. The fraction of sp³-hybridized carbons (Fsp3) is 0.111. The highest BCUT2D eigenvalue weighted by Crippen LogP contribution is 2.25. The van der Waals surface area contributed by atoms with Crippen LogP contribution in [0.15, 0.2) is 52.2 Å². The van der Waals surface area contributed by atoms with Crippen molar-refractivity contribution < 1.29 is 14.3 Å². The van der Waals surface area contributed by atoms with Crippen LogP contribution in [0, 0.1) is 5.82 Å². The number of aliphatic hydroxyl groups is 1. The molecule has 0 saturated heterocycles. The molecule has 3 rings (SSSR count). The van der Waals surface area contributed by atoms with E-state index in [1.54, 1.807) is 6.07 Å². The van der Waals surface area contributed by atoms with Gasteiger partial charge in [0, 0.05) is 27.0 Å². The maximum Gasteiger partial charge on any atom is 0.261 e. The molecule has 0 aliphatic rings. The quantitative estimate of drug-likeness (QED) is 0.626. The number of rotatable bonds is 4. The molecule has 0 spiro atoms. The highest BCUT2D eigenvalue weighted by Gasteiger charge is 2.19. The first-order valence-electron chi connectivity index (χ1n) is 7.44. The van der Waals surface area contributed by atoms with Gasteiger partial charge in [0.2, 0.25) is 0 Å². The molecule has 0 unspecified atom stereocenters. The first kappa shape index (κ1) is 17.2. The molecule has 2 aromatic carbocycles. The third-order valence-electron chi connectivity index (χ3n) is 3.82. The molecule has 1 heterocycles. The van der Waals surface area contributed by atoms with Crippen LogP contribution in [-0.2, 0) is 6.61 Å². The number of aliphatic hydroxyl groups excluding tert-OH is 1. The zero-order valence-corrected chi connectivity index (χ0v) is 14.1. The normalized spacial score (nSPS) is 10.8. The van der Waals surface area contributed by atoms with Crippen molar-refractivity contribution in [1.29, 1.82) is 0 Å². The molecular formula is C18H15FN2O3S. The molecule has 3 N–H and O–H groups in total. The number of pyridine rings is 1. The number of hydrogen-bond acceptors (Lipinski definition) is 4. The number of hydrogen-bond donors (Lipinski definition) is 3. The van der Waals surface area contributed by atoms with E-state index >= 15 is 0 Å². The number of benzene rings is 2. The summed E-state index contributed by atoms with van der Waals surface area (Å²) in [6.45, 7) is -0.454. The van der Waals surface area contributed by atoms with Gasteiger partial charge in [-0.05, 0) is 48.7 Å². The number of thioether (sulfide) groups is 1. The predicted octanol–water partition coefficient (Wildman–Crippen LogP) is 3.13. The van der Waals surface area contributed by atoms with Gasteiger partial charge in [0.05, 0.1) is 6.61 Å². The maximum absolute atomic E-state index is 13.0. The first-order valence-corrected chi connectivity index (χ1v) is 8.66. The second-order valence-corrected chi connectivity index (χ2v) is 6.22. The Morgan fingerprint density at radius 1 is 1.24 bits per heavy atom. The van der Waals surface area contributed by atoms with Gasteiger partial charge in [-0.25, -0.2) is 4.39 Å². The van der Waals surface area contributed by atoms with Gasteiger partial charge in [-0.2, -0.15) is 0 Å². The highest BCUT2D eigenvalue weighted by molar-refractivity contribution is 7.98. The molecule has 0 radical (unpaired) electrons. The Hall–Kier alpha value is -2.64. The number of amides is 1. The van der Waals surface area contributed by atoms with E-state index in [1.165, 1.54) is 36.0 Å². The third kappa shape index (κ3) is 3.42. The minimum absolute atomic E-state index is 0.155. The average Bonchev–Trinajstić information content (AvgIpc) is 2.61. The monoisotopic (exact) mass is 358 g/mol.